The van der Waals surface area contributed by atoms with Gasteiger partial charge in [0.25, 0.3) is 0 Å². The van der Waals surface area contributed by atoms with Crippen LogP contribution < -0.4 is 10.6 Å². The molecule has 0 saturated carbocycles. The quantitative estimate of drug-likeness (QED) is 0.868. The lowest BCUT2D eigenvalue weighted by Crippen LogP contribution is -2.30. The van der Waals surface area contributed by atoms with E-state index in [-0.39, 0.29) is 0 Å². The molecule has 0 atom stereocenters. The molecule has 0 aliphatic carbocycles. The van der Waals surface area contributed by atoms with Crippen molar-refractivity contribution in [1.82, 2.24) is 4.98 Å². The Labute approximate surface area is 111 Å². The Hall–Kier alpha value is -1.30. The van der Waals surface area contributed by atoms with E-state index in [4.69, 9.17) is 5.73 Å². The molecule has 1 rings (SSSR count). The SMILES string of the molecule is CC(C)CN(CCCN)c1ccc(C(F)(F)F)cn1. The average molecular weight is 275 g/mol. The smallest absolute Gasteiger partial charge is 0.356 e. The highest BCUT2D eigenvalue weighted by Gasteiger charge is 2.30. The summed E-state index contributed by atoms with van der Waals surface area (Å²) in [5, 5.41) is 0. The summed E-state index contributed by atoms with van der Waals surface area (Å²) in [6.07, 6.45) is -2.67. The third-order valence-corrected chi connectivity index (χ3v) is 2.62. The molecular weight excluding hydrogens is 255 g/mol. The van der Waals surface area contributed by atoms with Crippen molar-refractivity contribution < 1.29 is 13.2 Å². The van der Waals surface area contributed by atoms with Crippen molar-refractivity contribution in [3.05, 3.63) is 23.9 Å². The molecule has 0 spiro atoms. The van der Waals surface area contributed by atoms with E-state index in [1.807, 2.05) is 4.90 Å². The van der Waals surface area contributed by atoms with Gasteiger partial charge in [-0.15, -0.1) is 0 Å². The van der Waals surface area contributed by atoms with Crippen molar-refractivity contribution in [2.24, 2.45) is 11.7 Å². The van der Waals surface area contributed by atoms with E-state index < -0.39 is 11.7 Å². The molecule has 108 valence electrons. The second-order valence-corrected chi connectivity index (χ2v) is 4.88. The molecule has 0 unspecified atom stereocenters. The molecule has 2 N–H and O–H groups in total. The summed E-state index contributed by atoms with van der Waals surface area (Å²) in [5.41, 5.74) is 4.75. The van der Waals surface area contributed by atoms with Gasteiger partial charge in [0.1, 0.15) is 5.82 Å². The summed E-state index contributed by atoms with van der Waals surface area (Å²) in [6.45, 7) is 6.11. The molecule has 1 heterocycles. The predicted molar refractivity (Wildman–Crippen MR) is 70.0 cm³/mol. The standard InChI is InChI=1S/C13H20F3N3/c1-10(2)9-19(7-3-6-17)12-5-4-11(8-18-12)13(14,15)16/h4-5,8,10H,3,6-7,9,17H2,1-2H3. The van der Waals surface area contributed by atoms with Crippen LogP contribution in [0, 0.1) is 5.92 Å². The van der Waals surface area contributed by atoms with Gasteiger partial charge in [-0.05, 0) is 31.0 Å². The molecule has 19 heavy (non-hydrogen) atoms. The second kappa shape index (κ2) is 6.75. The number of pyridine rings is 1. The van der Waals surface area contributed by atoms with Gasteiger partial charge in [-0.25, -0.2) is 4.98 Å². The normalized spacial score (nSPS) is 11.9. The van der Waals surface area contributed by atoms with Crippen LogP contribution in [0.3, 0.4) is 0 Å². The highest BCUT2D eigenvalue weighted by Crippen LogP contribution is 2.29. The van der Waals surface area contributed by atoms with Crippen molar-refractivity contribution in [3.8, 4) is 0 Å². The van der Waals surface area contributed by atoms with Gasteiger partial charge in [-0.3, -0.25) is 0 Å². The summed E-state index contributed by atoms with van der Waals surface area (Å²) < 4.78 is 37.4. The van der Waals surface area contributed by atoms with Gasteiger partial charge in [0.15, 0.2) is 0 Å². The molecule has 0 radical (unpaired) electrons. The third kappa shape index (κ3) is 5.06. The predicted octanol–water partition coefficient (Wildman–Crippen LogP) is 2.91. The highest BCUT2D eigenvalue weighted by molar-refractivity contribution is 5.39. The first-order valence-corrected chi connectivity index (χ1v) is 6.33. The number of anilines is 1. The summed E-state index contributed by atoms with van der Waals surface area (Å²) in [7, 11) is 0. The van der Waals surface area contributed by atoms with Crippen molar-refractivity contribution in [3.63, 3.8) is 0 Å². The molecule has 0 aliphatic heterocycles. The monoisotopic (exact) mass is 275 g/mol. The number of hydrogen-bond donors (Lipinski definition) is 1. The average Bonchev–Trinajstić information content (AvgIpc) is 2.33. The molecule has 1 aromatic rings. The Morgan fingerprint density at radius 1 is 1.32 bits per heavy atom. The maximum absolute atomic E-state index is 12.5. The number of halogens is 3. The van der Waals surface area contributed by atoms with Crippen LogP contribution in [0.1, 0.15) is 25.8 Å². The fourth-order valence-corrected chi connectivity index (χ4v) is 1.76. The zero-order valence-electron chi connectivity index (χ0n) is 11.2. The maximum atomic E-state index is 12.5. The number of nitrogens with two attached hydrogens (primary N) is 1. The van der Waals surface area contributed by atoms with Crippen molar-refractivity contribution >= 4 is 5.82 Å². The largest absolute Gasteiger partial charge is 0.417 e. The molecule has 0 saturated heterocycles. The zero-order chi connectivity index (χ0) is 14.5. The molecule has 6 heteroatoms. The molecule has 1 aromatic heterocycles. The number of rotatable bonds is 6. The van der Waals surface area contributed by atoms with Gasteiger partial charge in [0, 0.05) is 19.3 Å². The van der Waals surface area contributed by atoms with E-state index in [1.165, 1.54) is 6.07 Å². The van der Waals surface area contributed by atoms with Crippen LogP contribution in [0.2, 0.25) is 0 Å². The van der Waals surface area contributed by atoms with E-state index in [0.29, 0.717) is 24.8 Å². The summed E-state index contributed by atoms with van der Waals surface area (Å²) in [6, 6.07) is 2.49. The lowest BCUT2D eigenvalue weighted by molar-refractivity contribution is -0.137. The van der Waals surface area contributed by atoms with Gasteiger partial charge in [0.2, 0.25) is 0 Å². The van der Waals surface area contributed by atoms with Crippen LogP contribution in [-0.2, 0) is 6.18 Å². The van der Waals surface area contributed by atoms with Crippen LogP contribution in [0.15, 0.2) is 18.3 Å². The van der Waals surface area contributed by atoms with Crippen LogP contribution in [0.4, 0.5) is 19.0 Å². The molecule has 0 amide bonds. The Kier molecular flexibility index (Phi) is 5.60. The van der Waals surface area contributed by atoms with Gasteiger partial charge >= 0.3 is 6.18 Å². The number of hydrogen-bond acceptors (Lipinski definition) is 3. The molecule has 0 fully saturated rings. The zero-order valence-corrected chi connectivity index (χ0v) is 11.2. The summed E-state index contributed by atoms with van der Waals surface area (Å²) in [4.78, 5) is 5.89. The van der Waals surface area contributed by atoms with Gasteiger partial charge < -0.3 is 10.6 Å². The van der Waals surface area contributed by atoms with Crippen molar-refractivity contribution in [2.75, 3.05) is 24.5 Å². The fraction of sp³-hybridized carbons (Fsp3) is 0.615. The van der Waals surface area contributed by atoms with Gasteiger partial charge in [0.05, 0.1) is 5.56 Å². The molecule has 0 aromatic carbocycles. The Morgan fingerprint density at radius 3 is 2.42 bits per heavy atom. The first kappa shape index (κ1) is 15.8. The number of alkyl halides is 3. The van der Waals surface area contributed by atoms with E-state index in [2.05, 4.69) is 18.8 Å². The lowest BCUT2D eigenvalue weighted by atomic mass is 10.2. The van der Waals surface area contributed by atoms with Crippen LogP contribution in [0.5, 0.6) is 0 Å². The molecule has 0 aliphatic rings. The summed E-state index contributed by atoms with van der Waals surface area (Å²) in [5.74, 6) is 0.969. The van der Waals surface area contributed by atoms with E-state index >= 15 is 0 Å². The van der Waals surface area contributed by atoms with Crippen molar-refractivity contribution in [2.45, 2.75) is 26.4 Å². The van der Waals surface area contributed by atoms with Crippen LogP contribution in [-0.4, -0.2) is 24.6 Å². The Balaban J connectivity index is 2.84. The minimum atomic E-state index is -4.34. The number of aromatic nitrogens is 1. The Bertz CT molecular complexity index is 374. The minimum Gasteiger partial charge on any atom is -0.356 e. The fourth-order valence-electron chi connectivity index (χ4n) is 1.76. The second-order valence-electron chi connectivity index (χ2n) is 4.88. The molecule has 0 bridgehead atoms. The first-order chi connectivity index (χ1) is 8.84. The Morgan fingerprint density at radius 2 is 2.00 bits per heavy atom. The number of nitrogens with zero attached hydrogens (tertiary/aromatic N) is 2. The van der Waals surface area contributed by atoms with Crippen LogP contribution >= 0.6 is 0 Å². The topological polar surface area (TPSA) is 42.1 Å². The van der Waals surface area contributed by atoms with Gasteiger partial charge in [-0.2, -0.15) is 13.2 Å². The minimum absolute atomic E-state index is 0.405. The first-order valence-electron chi connectivity index (χ1n) is 6.33. The maximum Gasteiger partial charge on any atom is 0.417 e. The van der Waals surface area contributed by atoms with E-state index in [1.54, 1.807) is 0 Å². The summed E-state index contributed by atoms with van der Waals surface area (Å²) >= 11 is 0. The van der Waals surface area contributed by atoms with E-state index in [9.17, 15) is 13.2 Å². The highest BCUT2D eigenvalue weighted by atomic mass is 19.4. The lowest BCUT2D eigenvalue weighted by Gasteiger charge is -2.25. The van der Waals surface area contributed by atoms with Crippen LogP contribution in [0.25, 0.3) is 0 Å². The van der Waals surface area contributed by atoms with E-state index in [0.717, 1.165) is 25.2 Å². The van der Waals surface area contributed by atoms with Gasteiger partial charge in [-0.1, -0.05) is 13.8 Å². The molecular formula is C13H20F3N3. The molecule has 3 nitrogen and oxygen atoms in total. The van der Waals surface area contributed by atoms with Crippen molar-refractivity contribution in [1.29, 1.82) is 0 Å². The third-order valence-electron chi connectivity index (χ3n) is 2.62.